The summed E-state index contributed by atoms with van der Waals surface area (Å²) in [6.07, 6.45) is 5.26. The first kappa shape index (κ1) is 24.5. The molecule has 0 saturated heterocycles. The highest BCUT2D eigenvalue weighted by atomic mass is 16.6. The van der Waals surface area contributed by atoms with Crippen LogP contribution in [0.3, 0.4) is 0 Å². The molecule has 178 valence electrons. The largest absolute Gasteiger partial charge is 0.463 e. The molecule has 0 radical (unpaired) electrons. The van der Waals surface area contributed by atoms with Gasteiger partial charge >= 0.3 is 11.9 Å². The third-order valence-electron chi connectivity index (χ3n) is 6.42. The molecule has 1 aliphatic heterocycles. The number of hydrogen-bond acceptors (Lipinski definition) is 7. The van der Waals surface area contributed by atoms with Crippen LogP contribution in [0.1, 0.15) is 71.3 Å². The van der Waals surface area contributed by atoms with Crippen molar-refractivity contribution in [1.29, 1.82) is 0 Å². The van der Waals surface area contributed by atoms with E-state index in [1.54, 1.807) is 26.0 Å². The van der Waals surface area contributed by atoms with Crippen molar-refractivity contribution < 1.29 is 24.0 Å². The maximum atomic E-state index is 13.3. The molecule has 0 unspecified atom stereocenters. The molecule has 2 aliphatic rings. The number of carbonyl (C=O) groups excluding carboxylic acids is 2. The highest BCUT2D eigenvalue weighted by molar-refractivity contribution is 6.00. The molecule has 1 fully saturated rings. The van der Waals surface area contributed by atoms with Crippen LogP contribution >= 0.6 is 0 Å². The van der Waals surface area contributed by atoms with E-state index < -0.39 is 22.8 Å². The summed E-state index contributed by atoms with van der Waals surface area (Å²) in [6.45, 7) is 7.56. The molecule has 0 atom stereocenters. The maximum Gasteiger partial charge on any atom is 0.336 e. The zero-order chi connectivity index (χ0) is 24.1. The van der Waals surface area contributed by atoms with E-state index in [0.29, 0.717) is 16.7 Å². The number of nitro benzene ring substituents is 1. The third-order valence-corrected chi connectivity index (χ3v) is 6.42. The lowest BCUT2D eigenvalue weighted by Gasteiger charge is -2.43. The van der Waals surface area contributed by atoms with Crippen molar-refractivity contribution in [2.45, 2.75) is 71.8 Å². The zero-order valence-electron chi connectivity index (χ0n) is 19.8. The van der Waals surface area contributed by atoms with Gasteiger partial charge in [0.1, 0.15) is 0 Å². The summed E-state index contributed by atoms with van der Waals surface area (Å²) in [5, 5.41) is 11.4. The molecule has 0 N–H and O–H groups in total. The second kappa shape index (κ2) is 10.6. The Balaban J connectivity index is 2.26. The normalized spacial score (nSPS) is 17.9. The van der Waals surface area contributed by atoms with Gasteiger partial charge in [0.05, 0.1) is 35.2 Å². The minimum atomic E-state index is -0.817. The van der Waals surface area contributed by atoms with Gasteiger partial charge in [-0.2, -0.15) is 0 Å². The summed E-state index contributed by atoms with van der Waals surface area (Å²) >= 11 is 0. The molecule has 1 aliphatic carbocycles. The van der Waals surface area contributed by atoms with Crippen LogP contribution in [0.25, 0.3) is 0 Å². The van der Waals surface area contributed by atoms with E-state index in [9.17, 15) is 19.7 Å². The molecule has 3 rings (SSSR count). The summed E-state index contributed by atoms with van der Waals surface area (Å²) in [6, 6.07) is 6.24. The number of nitro groups is 1. The fraction of sp³-hybridized carbons (Fsp3) is 0.520. The molecule has 0 spiro atoms. The quantitative estimate of drug-likeness (QED) is 0.323. The van der Waals surface area contributed by atoms with Crippen molar-refractivity contribution in [3.63, 3.8) is 0 Å². The Bertz CT molecular complexity index is 948. The standard InChI is InChI=1S/C25H32N2O6/c1-5-32-24(28)21-16(3)26(19-12-8-7-9-13-19)17(4)22(25(29)33-6-2)23(21)18-11-10-14-20(15-18)27(30)31/h10-11,14-15,19,23H,5-9,12-13H2,1-4H3. The monoisotopic (exact) mass is 456 g/mol. The lowest BCUT2D eigenvalue weighted by molar-refractivity contribution is -0.384. The van der Waals surface area contributed by atoms with Crippen LogP contribution in [0, 0.1) is 10.1 Å². The summed E-state index contributed by atoms with van der Waals surface area (Å²) in [7, 11) is 0. The molecule has 33 heavy (non-hydrogen) atoms. The summed E-state index contributed by atoms with van der Waals surface area (Å²) in [5.74, 6) is -1.87. The number of carbonyl (C=O) groups is 2. The van der Waals surface area contributed by atoms with Crippen molar-refractivity contribution in [3.05, 3.63) is 62.5 Å². The van der Waals surface area contributed by atoms with Gasteiger partial charge in [-0.05, 0) is 46.1 Å². The molecular formula is C25H32N2O6. The van der Waals surface area contributed by atoms with E-state index in [0.717, 1.165) is 37.1 Å². The molecule has 0 amide bonds. The van der Waals surface area contributed by atoms with Gasteiger partial charge in [-0.3, -0.25) is 10.1 Å². The molecule has 1 heterocycles. The van der Waals surface area contributed by atoms with Gasteiger partial charge in [-0.15, -0.1) is 0 Å². The number of hydrogen-bond donors (Lipinski definition) is 0. The molecule has 1 saturated carbocycles. The van der Waals surface area contributed by atoms with Gasteiger partial charge in [0.25, 0.3) is 5.69 Å². The van der Waals surface area contributed by atoms with Gasteiger partial charge in [-0.25, -0.2) is 9.59 Å². The average molecular weight is 457 g/mol. The topological polar surface area (TPSA) is 99.0 Å². The van der Waals surface area contributed by atoms with Gasteiger partial charge in [0.2, 0.25) is 0 Å². The van der Waals surface area contributed by atoms with Crippen LogP contribution in [0.4, 0.5) is 5.69 Å². The van der Waals surface area contributed by atoms with Crippen LogP contribution in [-0.2, 0) is 19.1 Å². The Morgan fingerprint density at radius 1 is 1.00 bits per heavy atom. The minimum absolute atomic E-state index is 0.107. The minimum Gasteiger partial charge on any atom is -0.463 e. The van der Waals surface area contributed by atoms with Crippen LogP contribution in [0.2, 0.25) is 0 Å². The molecule has 0 aromatic heterocycles. The van der Waals surface area contributed by atoms with E-state index in [1.165, 1.54) is 18.6 Å². The number of allylic oxidation sites excluding steroid dienone is 2. The van der Waals surface area contributed by atoms with Crippen molar-refractivity contribution in [2.24, 2.45) is 0 Å². The smallest absolute Gasteiger partial charge is 0.336 e. The predicted octanol–water partition coefficient (Wildman–Crippen LogP) is 5.00. The Morgan fingerprint density at radius 2 is 1.55 bits per heavy atom. The molecule has 8 nitrogen and oxygen atoms in total. The highest BCUT2D eigenvalue weighted by Gasteiger charge is 2.42. The molecular weight excluding hydrogens is 424 g/mol. The first-order chi connectivity index (χ1) is 15.8. The van der Waals surface area contributed by atoms with E-state index >= 15 is 0 Å². The van der Waals surface area contributed by atoms with Gasteiger partial charge in [-0.1, -0.05) is 31.4 Å². The van der Waals surface area contributed by atoms with Crippen molar-refractivity contribution in [3.8, 4) is 0 Å². The molecule has 8 heteroatoms. The summed E-state index contributed by atoms with van der Waals surface area (Å²) in [5.41, 5.74) is 2.49. The van der Waals surface area contributed by atoms with Gasteiger partial charge < -0.3 is 14.4 Å². The number of benzene rings is 1. The lowest BCUT2D eigenvalue weighted by atomic mass is 9.78. The van der Waals surface area contributed by atoms with Crippen molar-refractivity contribution >= 4 is 17.6 Å². The van der Waals surface area contributed by atoms with Crippen LogP contribution in [0.15, 0.2) is 46.8 Å². The first-order valence-electron chi connectivity index (χ1n) is 11.6. The number of rotatable bonds is 7. The zero-order valence-corrected chi connectivity index (χ0v) is 19.8. The number of non-ortho nitro benzene ring substituents is 1. The summed E-state index contributed by atoms with van der Waals surface area (Å²) in [4.78, 5) is 39.6. The molecule has 1 aromatic rings. The number of esters is 2. The Labute approximate surface area is 194 Å². The van der Waals surface area contributed by atoms with Crippen LogP contribution < -0.4 is 0 Å². The number of ether oxygens (including phenoxy) is 2. The summed E-state index contributed by atoms with van der Waals surface area (Å²) < 4.78 is 10.8. The third kappa shape index (κ3) is 4.94. The first-order valence-corrected chi connectivity index (χ1v) is 11.6. The second-order valence-electron chi connectivity index (χ2n) is 8.39. The lowest BCUT2D eigenvalue weighted by Crippen LogP contribution is -2.41. The van der Waals surface area contributed by atoms with Crippen LogP contribution in [-0.4, -0.2) is 41.0 Å². The number of nitrogens with zero attached hydrogens (tertiary/aromatic N) is 2. The second-order valence-corrected chi connectivity index (χ2v) is 8.39. The van der Waals surface area contributed by atoms with E-state index in [1.807, 2.05) is 13.8 Å². The Morgan fingerprint density at radius 3 is 2.03 bits per heavy atom. The molecule has 1 aromatic carbocycles. The Kier molecular flexibility index (Phi) is 7.89. The van der Waals surface area contributed by atoms with Crippen molar-refractivity contribution in [2.75, 3.05) is 13.2 Å². The van der Waals surface area contributed by atoms with Crippen LogP contribution in [0.5, 0.6) is 0 Å². The van der Waals surface area contributed by atoms with Gasteiger partial charge in [0, 0.05) is 29.6 Å². The maximum absolute atomic E-state index is 13.3. The van der Waals surface area contributed by atoms with Crippen molar-refractivity contribution in [1.82, 2.24) is 4.90 Å². The fourth-order valence-corrected chi connectivity index (χ4v) is 5.06. The van der Waals surface area contributed by atoms with E-state index in [2.05, 4.69) is 4.90 Å². The van der Waals surface area contributed by atoms with E-state index in [4.69, 9.17) is 9.47 Å². The predicted molar refractivity (Wildman–Crippen MR) is 123 cm³/mol. The SMILES string of the molecule is CCOC(=O)C1=C(C)N(C2CCCCC2)C(C)=C(C(=O)OCC)C1c1cccc([N+](=O)[O-])c1. The highest BCUT2D eigenvalue weighted by Crippen LogP contribution is 2.45. The van der Waals surface area contributed by atoms with E-state index in [-0.39, 0.29) is 24.9 Å². The fourth-order valence-electron chi connectivity index (χ4n) is 5.06. The van der Waals surface area contributed by atoms with Gasteiger partial charge in [0.15, 0.2) is 0 Å². The molecule has 0 bridgehead atoms. The average Bonchev–Trinajstić information content (AvgIpc) is 2.79. The Hall–Kier alpha value is -3.16.